The average Bonchev–Trinajstić information content (AvgIpc) is 2.74. The van der Waals surface area contributed by atoms with E-state index in [1.165, 1.54) is 57.1 Å². The van der Waals surface area contributed by atoms with Crippen molar-refractivity contribution in [2.24, 2.45) is 17.8 Å². The number of ether oxygens (including phenoxy) is 1. The summed E-state index contributed by atoms with van der Waals surface area (Å²) in [6.45, 7) is -1.04. The fourth-order valence-electron chi connectivity index (χ4n) is 5.41. The van der Waals surface area contributed by atoms with Crippen LogP contribution in [0.5, 0.6) is 5.75 Å². The zero-order valence-electron chi connectivity index (χ0n) is 17.9. The molecule has 0 heterocycles. The van der Waals surface area contributed by atoms with Crippen LogP contribution < -0.4 is 4.74 Å². The van der Waals surface area contributed by atoms with Crippen LogP contribution in [0.25, 0.3) is 0 Å². The number of alkyl halides is 2. The van der Waals surface area contributed by atoms with Crippen LogP contribution in [-0.4, -0.2) is 6.61 Å². The van der Waals surface area contributed by atoms with Crippen molar-refractivity contribution in [3.63, 3.8) is 0 Å². The predicted molar refractivity (Wildman–Crippen MR) is 112 cm³/mol. The monoisotopic (exact) mass is 426 g/mol. The van der Waals surface area contributed by atoms with Crippen molar-refractivity contribution in [1.29, 1.82) is 0 Å². The molecule has 0 atom stereocenters. The Morgan fingerprint density at radius 1 is 0.900 bits per heavy atom. The van der Waals surface area contributed by atoms with Gasteiger partial charge in [0.2, 0.25) is 0 Å². The first-order chi connectivity index (χ1) is 14.5. The highest BCUT2D eigenvalue weighted by atomic mass is 19.3. The molecule has 0 N–H and O–H groups in total. The molecule has 2 saturated carbocycles. The molecule has 0 aliphatic heterocycles. The Kier molecular flexibility index (Phi) is 8.64. The summed E-state index contributed by atoms with van der Waals surface area (Å²) < 4.78 is 56.7. The van der Waals surface area contributed by atoms with Crippen molar-refractivity contribution >= 4 is 0 Å². The average molecular weight is 427 g/mol. The highest BCUT2D eigenvalue weighted by molar-refractivity contribution is 5.33. The van der Waals surface area contributed by atoms with Crippen LogP contribution in [-0.2, 0) is 0 Å². The van der Waals surface area contributed by atoms with Crippen LogP contribution >= 0.6 is 0 Å². The second-order valence-electron chi connectivity index (χ2n) is 9.08. The van der Waals surface area contributed by atoms with Crippen LogP contribution in [0.1, 0.15) is 89.0 Å². The van der Waals surface area contributed by atoms with Crippen molar-refractivity contribution in [3.8, 4) is 5.75 Å². The smallest absolute Gasteiger partial charge is 0.387 e. The van der Waals surface area contributed by atoms with E-state index >= 15 is 0 Å². The van der Waals surface area contributed by atoms with Crippen molar-refractivity contribution in [3.05, 3.63) is 41.5 Å². The molecule has 30 heavy (non-hydrogen) atoms. The standard InChI is InChI=1S/C25H34F4O/c1-2-3-4-5-6-17-7-9-18(10-8-17)19-11-13-20(14-12-19)21-15-22(26)24(23(27)16-21)30-25(28)29/h4-5,15-20,25H,2-3,6-14H2,1H3/b5-4+. The Balaban J connectivity index is 1.47. The Labute approximate surface area is 177 Å². The third-order valence-electron chi connectivity index (χ3n) is 7.12. The lowest BCUT2D eigenvalue weighted by molar-refractivity contribution is -0.0546. The maximum absolute atomic E-state index is 14.1. The van der Waals surface area contributed by atoms with Gasteiger partial charge in [-0.15, -0.1) is 0 Å². The lowest BCUT2D eigenvalue weighted by Gasteiger charge is -2.38. The second kappa shape index (κ2) is 11.2. The van der Waals surface area contributed by atoms with E-state index in [1.807, 2.05) is 0 Å². The van der Waals surface area contributed by atoms with Gasteiger partial charge in [-0.25, -0.2) is 8.78 Å². The van der Waals surface area contributed by atoms with Crippen molar-refractivity contribution in [1.82, 2.24) is 0 Å². The fourth-order valence-corrected chi connectivity index (χ4v) is 5.41. The summed E-state index contributed by atoms with van der Waals surface area (Å²) in [5, 5.41) is 0. The van der Waals surface area contributed by atoms with E-state index in [1.54, 1.807) is 0 Å². The third kappa shape index (κ3) is 6.24. The first-order valence-corrected chi connectivity index (χ1v) is 11.6. The molecule has 5 heteroatoms. The molecule has 0 bridgehead atoms. The van der Waals surface area contributed by atoms with E-state index in [0.29, 0.717) is 11.5 Å². The van der Waals surface area contributed by atoms with Gasteiger partial charge < -0.3 is 4.74 Å². The fraction of sp³-hybridized carbons (Fsp3) is 0.680. The molecule has 2 aliphatic rings. The maximum atomic E-state index is 14.1. The zero-order chi connectivity index (χ0) is 21.5. The van der Waals surface area contributed by atoms with E-state index in [9.17, 15) is 17.6 Å². The van der Waals surface area contributed by atoms with E-state index in [2.05, 4.69) is 23.8 Å². The van der Waals surface area contributed by atoms with Gasteiger partial charge in [0.25, 0.3) is 0 Å². The third-order valence-corrected chi connectivity index (χ3v) is 7.12. The molecule has 0 saturated heterocycles. The summed E-state index contributed by atoms with van der Waals surface area (Å²) in [5.41, 5.74) is 0.563. The minimum absolute atomic E-state index is 0.0888. The van der Waals surface area contributed by atoms with Crippen molar-refractivity contribution in [2.75, 3.05) is 0 Å². The van der Waals surface area contributed by atoms with Gasteiger partial charge in [0.05, 0.1) is 0 Å². The first kappa shape index (κ1) is 23.1. The molecule has 0 spiro atoms. The van der Waals surface area contributed by atoms with Gasteiger partial charge in [-0.3, -0.25) is 0 Å². The predicted octanol–water partition coefficient (Wildman–Crippen LogP) is 8.39. The van der Waals surface area contributed by atoms with Crippen LogP contribution in [0.2, 0.25) is 0 Å². The summed E-state index contributed by atoms with van der Waals surface area (Å²) in [6, 6.07) is 2.34. The molecule has 0 aromatic heterocycles. The minimum atomic E-state index is -3.24. The quantitative estimate of drug-likeness (QED) is 0.299. The summed E-state index contributed by atoms with van der Waals surface area (Å²) in [7, 11) is 0. The molecule has 0 amide bonds. The van der Waals surface area contributed by atoms with Gasteiger partial charge in [0.15, 0.2) is 17.4 Å². The number of unbranched alkanes of at least 4 members (excludes halogenated alkanes) is 1. The molecule has 3 rings (SSSR count). The number of halogens is 4. The Hall–Kier alpha value is -1.52. The molecule has 2 aliphatic carbocycles. The van der Waals surface area contributed by atoms with Gasteiger partial charge in [-0.1, -0.05) is 25.5 Å². The van der Waals surface area contributed by atoms with Gasteiger partial charge in [-0.05, 0) is 106 Å². The highest BCUT2D eigenvalue weighted by Crippen LogP contribution is 2.45. The van der Waals surface area contributed by atoms with E-state index in [0.717, 1.165) is 37.5 Å². The first-order valence-electron chi connectivity index (χ1n) is 11.6. The summed E-state index contributed by atoms with van der Waals surface area (Å²) in [5.74, 6) is -0.677. The van der Waals surface area contributed by atoms with Crippen LogP contribution in [0.15, 0.2) is 24.3 Å². The lowest BCUT2D eigenvalue weighted by Crippen LogP contribution is -2.25. The van der Waals surface area contributed by atoms with Crippen LogP contribution in [0.4, 0.5) is 17.6 Å². The molecule has 2 fully saturated rings. The number of hydrogen-bond acceptors (Lipinski definition) is 1. The molecular weight excluding hydrogens is 392 g/mol. The van der Waals surface area contributed by atoms with E-state index in [4.69, 9.17) is 0 Å². The van der Waals surface area contributed by atoms with Crippen LogP contribution in [0, 0.1) is 29.4 Å². The highest BCUT2D eigenvalue weighted by Gasteiger charge is 2.31. The Morgan fingerprint density at radius 3 is 2.00 bits per heavy atom. The maximum Gasteiger partial charge on any atom is 0.387 e. The van der Waals surface area contributed by atoms with Crippen molar-refractivity contribution < 1.29 is 22.3 Å². The molecule has 1 nitrogen and oxygen atoms in total. The summed E-state index contributed by atoms with van der Waals surface area (Å²) in [6.07, 6.45) is 17.4. The molecule has 168 valence electrons. The normalized spacial score (nSPS) is 27.7. The molecule has 1 aromatic carbocycles. The number of benzene rings is 1. The second-order valence-corrected chi connectivity index (χ2v) is 9.08. The van der Waals surface area contributed by atoms with Crippen LogP contribution in [0.3, 0.4) is 0 Å². The molecule has 0 unspecified atom stereocenters. The number of allylic oxidation sites excluding steroid dienone is 2. The van der Waals surface area contributed by atoms with E-state index < -0.39 is 24.0 Å². The lowest BCUT2D eigenvalue weighted by atomic mass is 9.68. The summed E-state index contributed by atoms with van der Waals surface area (Å²) in [4.78, 5) is 0. The van der Waals surface area contributed by atoms with Gasteiger partial charge >= 0.3 is 6.61 Å². The number of rotatable bonds is 8. The topological polar surface area (TPSA) is 9.23 Å². The minimum Gasteiger partial charge on any atom is -0.429 e. The zero-order valence-corrected chi connectivity index (χ0v) is 17.9. The Morgan fingerprint density at radius 2 is 1.47 bits per heavy atom. The SMILES string of the molecule is CCC/C=C/CC1CCC(C2CCC(c3cc(F)c(OC(F)F)c(F)c3)CC2)CC1. The number of hydrogen-bond donors (Lipinski definition) is 0. The van der Waals surface area contributed by atoms with Crippen molar-refractivity contribution in [2.45, 2.75) is 90.1 Å². The molecular formula is C25H34F4O. The largest absolute Gasteiger partial charge is 0.429 e. The summed E-state index contributed by atoms with van der Waals surface area (Å²) >= 11 is 0. The van der Waals surface area contributed by atoms with Gasteiger partial charge in [0.1, 0.15) is 0 Å². The van der Waals surface area contributed by atoms with Gasteiger partial charge in [-0.2, -0.15) is 8.78 Å². The van der Waals surface area contributed by atoms with Gasteiger partial charge in [0, 0.05) is 0 Å². The van der Waals surface area contributed by atoms with E-state index in [-0.39, 0.29) is 5.92 Å². The Bertz CT molecular complexity index is 663. The molecule has 0 radical (unpaired) electrons. The molecule has 1 aromatic rings.